The second-order valence-electron chi connectivity index (χ2n) is 2.87. The fourth-order valence-electron chi connectivity index (χ4n) is 1.04. The normalized spacial score (nSPS) is 11.0. The van der Waals surface area contributed by atoms with Crippen molar-refractivity contribution in [3.05, 3.63) is 43.0 Å². The number of pyridine rings is 1. The molecule has 0 spiro atoms. The molecule has 0 aliphatic carbocycles. The van der Waals surface area contributed by atoms with Gasteiger partial charge in [0.05, 0.1) is 0 Å². The Morgan fingerprint density at radius 2 is 1.81 bits per heavy atom. The minimum atomic E-state index is -3.65. The van der Waals surface area contributed by atoms with Crippen molar-refractivity contribution in [2.75, 3.05) is 4.72 Å². The number of rotatable bonds is 3. The minimum absolute atomic E-state index is 0.0337. The van der Waals surface area contributed by atoms with Crippen molar-refractivity contribution >= 4 is 16.0 Å². The lowest BCUT2D eigenvalue weighted by molar-refractivity contribution is 0.600. The Bertz CT molecular complexity index is 557. The molecule has 1 N–H and O–H groups in total. The van der Waals surface area contributed by atoms with Crippen molar-refractivity contribution < 1.29 is 8.42 Å². The molecule has 0 fully saturated rings. The van der Waals surface area contributed by atoms with Crippen molar-refractivity contribution in [3.63, 3.8) is 0 Å². The Kier molecular flexibility index (Phi) is 2.78. The fraction of sp³-hybridized carbons (Fsp3) is 0. The molecule has 2 aromatic rings. The van der Waals surface area contributed by atoms with Crippen molar-refractivity contribution in [1.29, 1.82) is 0 Å². The van der Waals surface area contributed by atoms with Crippen LogP contribution in [0.25, 0.3) is 0 Å². The first-order valence-electron chi connectivity index (χ1n) is 4.38. The molecule has 0 atom stereocenters. The summed E-state index contributed by atoms with van der Waals surface area (Å²) in [6, 6.07) is 4.58. The maximum atomic E-state index is 11.8. The van der Waals surface area contributed by atoms with Gasteiger partial charge in [0, 0.05) is 24.8 Å². The number of hydrogen-bond donors (Lipinski definition) is 1. The van der Waals surface area contributed by atoms with Gasteiger partial charge < -0.3 is 0 Å². The molecular formula is C9H8N4O2S. The van der Waals surface area contributed by atoms with Gasteiger partial charge in [-0.1, -0.05) is 0 Å². The third-order valence-electron chi connectivity index (χ3n) is 1.74. The average Bonchev–Trinajstić information content (AvgIpc) is 2.31. The predicted octanol–water partition coefficient (Wildman–Crippen LogP) is 0.672. The van der Waals surface area contributed by atoms with E-state index in [0.29, 0.717) is 0 Å². The van der Waals surface area contributed by atoms with Gasteiger partial charge in [0.15, 0.2) is 0 Å². The van der Waals surface area contributed by atoms with Crippen LogP contribution in [0.1, 0.15) is 0 Å². The van der Waals surface area contributed by atoms with Gasteiger partial charge in [-0.2, -0.15) is 0 Å². The number of sulfonamides is 1. The number of aromatic nitrogens is 3. The Labute approximate surface area is 92.5 Å². The van der Waals surface area contributed by atoms with Crippen LogP contribution in [0.4, 0.5) is 5.95 Å². The van der Waals surface area contributed by atoms with E-state index < -0.39 is 10.0 Å². The topological polar surface area (TPSA) is 84.8 Å². The molecule has 0 saturated heterocycles. The van der Waals surface area contributed by atoms with Crippen molar-refractivity contribution in [2.45, 2.75) is 4.90 Å². The van der Waals surface area contributed by atoms with Gasteiger partial charge in [-0.05, 0) is 18.2 Å². The minimum Gasteiger partial charge on any atom is -0.263 e. The summed E-state index contributed by atoms with van der Waals surface area (Å²) in [5, 5.41) is 0. The van der Waals surface area contributed by atoms with E-state index in [4.69, 9.17) is 0 Å². The van der Waals surface area contributed by atoms with Crippen LogP contribution in [0.15, 0.2) is 47.9 Å². The molecule has 0 amide bonds. The standard InChI is InChI=1S/C9H8N4O2S/c14-16(15,8-3-1-4-10-7-8)13-9-11-5-2-6-12-9/h1-7H,(H,11,12,13). The second-order valence-corrected chi connectivity index (χ2v) is 4.55. The van der Waals surface area contributed by atoms with E-state index in [-0.39, 0.29) is 10.8 Å². The summed E-state index contributed by atoms with van der Waals surface area (Å²) < 4.78 is 25.8. The molecule has 0 aromatic carbocycles. The lowest BCUT2D eigenvalue weighted by atomic mass is 10.5. The first-order valence-corrected chi connectivity index (χ1v) is 5.87. The van der Waals surface area contributed by atoms with E-state index in [2.05, 4.69) is 19.7 Å². The summed E-state index contributed by atoms with van der Waals surface area (Å²) in [5.74, 6) is 0.0337. The largest absolute Gasteiger partial charge is 0.265 e. The highest BCUT2D eigenvalue weighted by Gasteiger charge is 2.14. The summed E-state index contributed by atoms with van der Waals surface area (Å²) >= 11 is 0. The van der Waals surface area contributed by atoms with Crippen LogP contribution < -0.4 is 4.72 Å². The Balaban J connectivity index is 2.29. The van der Waals surface area contributed by atoms with Crippen LogP contribution in [-0.4, -0.2) is 23.4 Å². The van der Waals surface area contributed by atoms with Gasteiger partial charge >= 0.3 is 0 Å². The monoisotopic (exact) mass is 236 g/mol. The molecule has 2 aromatic heterocycles. The lowest BCUT2D eigenvalue weighted by Gasteiger charge is -2.04. The van der Waals surface area contributed by atoms with E-state index in [1.807, 2.05) is 0 Å². The Hall–Kier alpha value is -2.02. The van der Waals surface area contributed by atoms with Crippen molar-refractivity contribution in [1.82, 2.24) is 15.0 Å². The summed E-state index contributed by atoms with van der Waals surface area (Å²) in [4.78, 5) is 11.3. The van der Waals surface area contributed by atoms with Crippen LogP contribution in [0, 0.1) is 0 Å². The van der Waals surface area contributed by atoms with Gasteiger partial charge in [-0.15, -0.1) is 0 Å². The molecule has 2 rings (SSSR count). The maximum Gasteiger partial charge on any atom is 0.265 e. The van der Waals surface area contributed by atoms with E-state index in [9.17, 15) is 8.42 Å². The quantitative estimate of drug-likeness (QED) is 0.846. The zero-order chi connectivity index (χ0) is 11.4. The van der Waals surface area contributed by atoms with Gasteiger partial charge in [0.1, 0.15) is 4.90 Å². The number of nitrogens with zero attached hydrogens (tertiary/aromatic N) is 3. The molecule has 0 radical (unpaired) electrons. The number of hydrogen-bond acceptors (Lipinski definition) is 5. The molecule has 0 unspecified atom stereocenters. The third kappa shape index (κ3) is 2.31. The van der Waals surface area contributed by atoms with Crippen LogP contribution in [0.3, 0.4) is 0 Å². The first kappa shape index (κ1) is 10.5. The van der Waals surface area contributed by atoms with Crippen LogP contribution in [-0.2, 0) is 10.0 Å². The van der Waals surface area contributed by atoms with Crippen LogP contribution >= 0.6 is 0 Å². The molecular weight excluding hydrogens is 228 g/mol. The highest BCUT2D eigenvalue weighted by molar-refractivity contribution is 7.92. The van der Waals surface area contributed by atoms with E-state index in [1.165, 1.54) is 30.9 Å². The lowest BCUT2D eigenvalue weighted by Crippen LogP contribution is -2.14. The molecule has 0 bridgehead atoms. The molecule has 0 saturated carbocycles. The molecule has 6 nitrogen and oxygen atoms in total. The van der Waals surface area contributed by atoms with E-state index in [0.717, 1.165) is 0 Å². The number of nitrogens with one attached hydrogen (secondary N) is 1. The summed E-state index contributed by atoms with van der Waals surface area (Å²) in [6.07, 6.45) is 5.66. The summed E-state index contributed by atoms with van der Waals surface area (Å²) in [6.45, 7) is 0. The maximum absolute atomic E-state index is 11.8. The van der Waals surface area contributed by atoms with Gasteiger partial charge in [-0.3, -0.25) is 4.98 Å². The molecule has 2 heterocycles. The number of anilines is 1. The average molecular weight is 236 g/mol. The molecule has 0 aliphatic heterocycles. The summed E-state index contributed by atoms with van der Waals surface area (Å²) in [5.41, 5.74) is 0. The van der Waals surface area contributed by atoms with Gasteiger partial charge in [0.25, 0.3) is 10.0 Å². The molecule has 82 valence electrons. The molecule has 16 heavy (non-hydrogen) atoms. The van der Waals surface area contributed by atoms with Crippen LogP contribution in [0.5, 0.6) is 0 Å². The van der Waals surface area contributed by atoms with Crippen LogP contribution in [0.2, 0.25) is 0 Å². The third-order valence-corrected chi connectivity index (χ3v) is 3.05. The highest BCUT2D eigenvalue weighted by atomic mass is 32.2. The molecule has 0 aliphatic rings. The summed E-state index contributed by atoms with van der Waals surface area (Å²) in [7, 11) is -3.65. The Morgan fingerprint density at radius 1 is 1.06 bits per heavy atom. The van der Waals surface area contributed by atoms with E-state index in [1.54, 1.807) is 12.1 Å². The molecule has 7 heteroatoms. The smallest absolute Gasteiger partial charge is 0.263 e. The van der Waals surface area contributed by atoms with Gasteiger partial charge in [0.2, 0.25) is 5.95 Å². The van der Waals surface area contributed by atoms with Crippen molar-refractivity contribution in [3.8, 4) is 0 Å². The van der Waals surface area contributed by atoms with Gasteiger partial charge in [-0.25, -0.2) is 23.1 Å². The zero-order valence-electron chi connectivity index (χ0n) is 8.11. The fourth-order valence-corrected chi connectivity index (χ4v) is 1.96. The van der Waals surface area contributed by atoms with Crippen molar-refractivity contribution in [2.24, 2.45) is 0 Å². The Morgan fingerprint density at radius 3 is 2.44 bits per heavy atom. The SMILES string of the molecule is O=S(=O)(Nc1ncccn1)c1cccnc1. The first-order chi connectivity index (χ1) is 7.68. The van der Waals surface area contributed by atoms with E-state index >= 15 is 0 Å². The predicted molar refractivity (Wildman–Crippen MR) is 57.1 cm³/mol. The second kappa shape index (κ2) is 4.23. The zero-order valence-corrected chi connectivity index (χ0v) is 8.92. The highest BCUT2D eigenvalue weighted by Crippen LogP contribution is 2.09.